The molecule has 0 spiro atoms. The van der Waals surface area contributed by atoms with Crippen LogP contribution in [0.4, 0.5) is 10.2 Å². The molecule has 3 aromatic rings. The van der Waals surface area contributed by atoms with Gasteiger partial charge in [-0.25, -0.2) is 9.37 Å². The number of rotatable bonds is 3. The van der Waals surface area contributed by atoms with Gasteiger partial charge in [-0.15, -0.1) is 4.98 Å². The lowest BCUT2D eigenvalue weighted by Crippen LogP contribution is -2.05. The van der Waals surface area contributed by atoms with Crippen LogP contribution < -0.4 is 4.74 Å². The first kappa shape index (κ1) is 15.1. The Bertz CT molecular complexity index is 992. The number of fused-ring (bicyclic) bond motifs is 2. The van der Waals surface area contributed by atoms with Crippen LogP contribution in [0.25, 0.3) is 10.4 Å². The Balaban J connectivity index is 1.70. The minimum Gasteiger partial charge on any atom is -0.493 e. The van der Waals surface area contributed by atoms with Crippen molar-refractivity contribution in [1.29, 1.82) is 0 Å². The van der Waals surface area contributed by atoms with Gasteiger partial charge in [0.2, 0.25) is 0 Å². The van der Waals surface area contributed by atoms with Gasteiger partial charge in [-0.2, -0.15) is 0 Å². The summed E-state index contributed by atoms with van der Waals surface area (Å²) in [6, 6.07) is 3.15. The van der Waals surface area contributed by atoms with Gasteiger partial charge in [-0.05, 0) is 40.0 Å². The van der Waals surface area contributed by atoms with Crippen LogP contribution in [0.5, 0.6) is 5.75 Å². The van der Waals surface area contributed by atoms with Crippen LogP contribution in [0.1, 0.15) is 17.0 Å². The normalized spacial score (nSPS) is 12.9. The van der Waals surface area contributed by atoms with Crippen molar-refractivity contribution >= 4 is 27.3 Å². The van der Waals surface area contributed by atoms with E-state index >= 15 is 0 Å². The SMILES string of the molecule is [C-]#[N+]c1ncn2c(CCc3c(F)ccc4c3CCO4)ncc(Br)c12. The average Bonchev–Trinajstić information content (AvgIpc) is 3.22. The molecule has 2 aromatic heterocycles. The van der Waals surface area contributed by atoms with E-state index in [9.17, 15) is 4.39 Å². The molecule has 5 nitrogen and oxygen atoms in total. The van der Waals surface area contributed by atoms with Crippen LogP contribution >= 0.6 is 15.9 Å². The van der Waals surface area contributed by atoms with E-state index in [0.717, 1.165) is 28.0 Å². The van der Waals surface area contributed by atoms with E-state index in [-0.39, 0.29) is 5.82 Å². The van der Waals surface area contributed by atoms with Gasteiger partial charge in [0.15, 0.2) is 6.33 Å². The van der Waals surface area contributed by atoms with Crippen molar-refractivity contribution < 1.29 is 9.13 Å². The van der Waals surface area contributed by atoms with Gasteiger partial charge in [-0.3, -0.25) is 4.40 Å². The summed E-state index contributed by atoms with van der Waals surface area (Å²) in [5.41, 5.74) is 2.33. The zero-order chi connectivity index (χ0) is 16.7. The Hall–Kier alpha value is -2.46. The molecule has 4 rings (SSSR count). The number of aryl methyl sites for hydroxylation is 1. The van der Waals surface area contributed by atoms with Gasteiger partial charge in [0, 0.05) is 24.6 Å². The fourth-order valence-electron chi connectivity index (χ4n) is 3.10. The summed E-state index contributed by atoms with van der Waals surface area (Å²) in [6.07, 6.45) is 5.05. The van der Waals surface area contributed by atoms with E-state index in [1.165, 1.54) is 6.07 Å². The highest BCUT2D eigenvalue weighted by Crippen LogP contribution is 2.31. The molecular weight excluding hydrogens is 375 g/mol. The number of nitrogens with zero attached hydrogens (tertiary/aromatic N) is 4. The average molecular weight is 387 g/mol. The zero-order valence-electron chi connectivity index (χ0n) is 12.6. The highest BCUT2D eigenvalue weighted by atomic mass is 79.9. The van der Waals surface area contributed by atoms with E-state index in [1.807, 2.05) is 0 Å². The minimum atomic E-state index is -0.208. The Morgan fingerprint density at radius 3 is 3.04 bits per heavy atom. The van der Waals surface area contributed by atoms with Crippen molar-refractivity contribution in [2.75, 3.05) is 6.61 Å². The predicted molar refractivity (Wildman–Crippen MR) is 90.0 cm³/mol. The van der Waals surface area contributed by atoms with Crippen LogP contribution in [-0.4, -0.2) is 21.0 Å². The molecule has 1 aliphatic heterocycles. The maximum absolute atomic E-state index is 14.2. The molecule has 120 valence electrons. The van der Waals surface area contributed by atoms with Crippen LogP contribution in [0, 0.1) is 12.4 Å². The molecule has 0 N–H and O–H groups in total. The molecule has 0 saturated heterocycles. The first-order chi connectivity index (χ1) is 11.7. The minimum absolute atomic E-state index is 0.208. The summed E-state index contributed by atoms with van der Waals surface area (Å²) < 4.78 is 22.3. The molecule has 7 heteroatoms. The second-order valence-electron chi connectivity index (χ2n) is 5.52. The summed E-state index contributed by atoms with van der Waals surface area (Å²) in [6.45, 7) is 7.80. The molecule has 0 fully saturated rings. The molecule has 1 aromatic carbocycles. The first-order valence-electron chi connectivity index (χ1n) is 7.50. The van der Waals surface area contributed by atoms with Crippen molar-refractivity contribution in [3.63, 3.8) is 0 Å². The Kier molecular flexibility index (Phi) is 3.69. The lowest BCUT2D eigenvalue weighted by molar-refractivity contribution is 0.356. The summed E-state index contributed by atoms with van der Waals surface area (Å²) >= 11 is 3.41. The molecule has 0 saturated carbocycles. The quantitative estimate of drug-likeness (QED) is 0.641. The number of aromatic nitrogens is 3. The number of ether oxygens (including phenoxy) is 1. The number of imidazole rings is 1. The molecule has 24 heavy (non-hydrogen) atoms. The van der Waals surface area contributed by atoms with Crippen LogP contribution in [0.2, 0.25) is 0 Å². The van der Waals surface area contributed by atoms with Crippen molar-refractivity contribution in [2.24, 2.45) is 0 Å². The third-order valence-corrected chi connectivity index (χ3v) is 4.80. The molecule has 1 aliphatic rings. The van der Waals surface area contributed by atoms with E-state index in [1.54, 1.807) is 23.0 Å². The van der Waals surface area contributed by atoms with Gasteiger partial charge in [0.1, 0.15) is 17.4 Å². The Morgan fingerprint density at radius 2 is 2.21 bits per heavy atom. The van der Waals surface area contributed by atoms with Gasteiger partial charge in [-0.1, -0.05) is 6.57 Å². The lowest BCUT2D eigenvalue weighted by Gasteiger charge is -2.10. The molecule has 0 unspecified atom stereocenters. The molecule has 0 radical (unpaired) electrons. The summed E-state index contributed by atoms with van der Waals surface area (Å²) in [4.78, 5) is 11.9. The number of benzene rings is 1. The predicted octanol–water partition coefficient (Wildman–Crippen LogP) is 3.90. The molecule has 0 bridgehead atoms. The second kappa shape index (κ2) is 5.87. The molecule has 0 atom stereocenters. The van der Waals surface area contributed by atoms with Crippen LogP contribution in [-0.2, 0) is 19.3 Å². The topological polar surface area (TPSA) is 43.8 Å². The van der Waals surface area contributed by atoms with Crippen LogP contribution in [0.3, 0.4) is 0 Å². The highest BCUT2D eigenvalue weighted by molar-refractivity contribution is 9.10. The fraction of sp³-hybridized carbons (Fsp3) is 0.235. The van der Waals surface area contributed by atoms with Gasteiger partial charge in [0.25, 0.3) is 5.82 Å². The molecular formula is C17H12BrFN4O. The van der Waals surface area contributed by atoms with E-state index in [2.05, 4.69) is 30.7 Å². The van der Waals surface area contributed by atoms with Gasteiger partial charge in [0.05, 0.1) is 16.6 Å². The number of halogens is 2. The van der Waals surface area contributed by atoms with E-state index in [0.29, 0.717) is 36.3 Å². The van der Waals surface area contributed by atoms with Crippen molar-refractivity contribution in [2.45, 2.75) is 19.3 Å². The molecule has 0 amide bonds. The monoisotopic (exact) mass is 386 g/mol. The molecule has 0 aliphatic carbocycles. The third kappa shape index (κ3) is 2.34. The maximum Gasteiger partial charge on any atom is 0.296 e. The van der Waals surface area contributed by atoms with Gasteiger partial charge >= 0.3 is 0 Å². The standard InChI is InChI=1S/C17H12BrFN4O/c1-20-17-16-12(18)8-21-15(23(16)9-22-17)5-2-10-11-6-7-24-14(11)4-3-13(10)19/h3-4,8-9H,2,5-7H2. The highest BCUT2D eigenvalue weighted by Gasteiger charge is 2.20. The third-order valence-electron chi connectivity index (χ3n) is 4.22. The van der Waals surface area contributed by atoms with Gasteiger partial charge < -0.3 is 9.58 Å². The summed E-state index contributed by atoms with van der Waals surface area (Å²) in [7, 11) is 0. The molecule has 3 heterocycles. The van der Waals surface area contributed by atoms with Crippen molar-refractivity contribution in [3.05, 3.63) is 63.3 Å². The van der Waals surface area contributed by atoms with E-state index in [4.69, 9.17) is 11.3 Å². The smallest absolute Gasteiger partial charge is 0.296 e. The second-order valence-corrected chi connectivity index (χ2v) is 6.38. The summed E-state index contributed by atoms with van der Waals surface area (Å²) in [5.74, 6) is 1.63. The van der Waals surface area contributed by atoms with Crippen molar-refractivity contribution in [3.8, 4) is 5.75 Å². The first-order valence-corrected chi connectivity index (χ1v) is 8.29. The largest absolute Gasteiger partial charge is 0.493 e. The Labute approximate surface area is 146 Å². The van der Waals surface area contributed by atoms with Crippen LogP contribution in [0.15, 0.2) is 29.1 Å². The zero-order valence-corrected chi connectivity index (χ0v) is 14.2. The number of hydrogen-bond donors (Lipinski definition) is 0. The summed E-state index contributed by atoms with van der Waals surface area (Å²) in [5, 5.41) is 0. The Morgan fingerprint density at radius 1 is 1.33 bits per heavy atom. The lowest BCUT2D eigenvalue weighted by atomic mass is 10.00. The maximum atomic E-state index is 14.2. The van der Waals surface area contributed by atoms with Crippen molar-refractivity contribution in [1.82, 2.24) is 14.4 Å². The van der Waals surface area contributed by atoms with E-state index < -0.39 is 0 Å². The fourth-order valence-corrected chi connectivity index (χ4v) is 3.57. The number of hydrogen-bond acceptors (Lipinski definition) is 3.